The van der Waals surface area contributed by atoms with Crippen molar-refractivity contribution in [1.82, 2.24) is 14.9 Å². The number of carbonyl (C=O) groups is 1. The zero-order valence-corrected chi connectivity index (χ0v) is 26.6. The van der Waals surface area contributed by atoms with Crippen LogP contribution in [-0.2, 0) is 9.53 Å². The summed E-state index contributed by atoms with van der Waals surface area (Å²) in [6, 6.07) is 10.4. The third-order valence-electron chi connectivity index (χ3n) is 7.20. The molecule has 5 rings (SSSR count). The molecular weight excluding hydrogens is 560 g/mol. The first kappa shape index (κ1) is 29.1. The monoisotopic (exact) mass is 596 g/mol. The maximum atomic E-state index is 13.0. The van der Waals surface area contributed by atoms with Gasteiger partial charge in [-0.25, -0.2) is 9.97 Å². The molecule has 1 aliphatic heterocycles. The Morgan fingerprint density at radius 2 is 1.73 bits per heavy atom. The van der Waals surface area contributed by atoms with Crippen molar-refractivity contribution in [3.8, 4) is 21.1 Å². The Labute approximate surface area is 250 Å². The van der Waals surface area contributed by atoms with Gasteiger partial charge in [0.15, 0.2) is 15.8 Å². The van der Waals surface area contributed by atoms with Crippen LogP contribution in [-0.4, -0.2) is 58.5 Å². The van der Waals surface area contributed by atoms with E-state index in [0.29, 0.717) is 11.1 Å². The first-order chi connectivity index (χ1) is 18.9. The molecule has 1 aliphatic rings. The minimum atomic E-state index is -0.698. The van der Waals surface area contributed by atoms with E-state index in [0.717, 1.165) is 68.7 Å². The second kappa shape index (κ2) is 11.5. The van der Waals surface area contributed by atoms with Gasteiger partial charge in [0.2, 0.25) is 0 Å². The van der Waals surface area contributed by atoms with Crippen molar-refractivity contribution < 1.29 is 9.53 Å². The number of ketones is 1. The highest BCUT2D eigenvalue weighted by Gasteiger charge is 2.31. The van der Waals surface area contributed by atoms with Crippen LogP contribution in [0.3, 0.4) is 0 Å². The summed E-state index contributed by atoms with van der Waals surface area (Å²) in [6.45, 7) is 18.2. The number of thiazole rings is 2. The van der Waals surface area contributed by atoms with Crippen molar-refractivity contribution in [1.29, 1.82) is 0 Å². The van der Waals surface area contributed by atoms with E-state index >= 15 is 0 Å². The Bertz CT molecular complexity index is 1510. The van der Waals surface area contributed by atoms with Gasteiger partial charge < -0.3 is 9.64 Å². The van der Waals surface area contributed by atoms with Crippen LogP contribution in [0.15, 0.2) is 36.5 Å². The number of anilines is 1. The van der Waals surface area contributed by atoms with Crippen molar-refractivity contribution in [2.24, 2.45) is 0 Å². The van der Waals surface area contributed by atoms with Gasteiger partial charge in [-0.05, 0) is 77.8 Å². The molecule has 0 aliphatic carbocycles. The molecule has 212 valence electrons. The maximum absolute atomic E-state index is 13.0. The van der Waals surface area contributed by atoms with Crippen molar-refractivity contribution in [2.75, 3.05) is 31.1 Å². The van der Waals surface area contributed by atoms with Crippen molar-refractivity contribution in [3.63, 3.8) is 0 Å². The Morgan fingerprint density at radius 3 is 2.33 bits per heavy atom. The molecule has 1 fully saturated rings. The molecule has 3 heterocycles. The highest BCUT2D eigenvalue weighted by molar-refractivity contribution is 7.26. The van der Waals surface area contributed by atoms with Gasteiger partial charge in [-0.2, -0.15) is 0 Å². The highest BCUT2D eigenvalue weighted by atomic mass is 35.5. The predicted octanol–water partition coefficient (Wildman–Crippen LogP) is 8.02. The Kier molecular flexibility index (Phi) is 8.37. The molecule has 0 spiro atoms. The number of carbonyl (C=O) groups excluding carboxylic acids is 1. The van der Waals surface area contributed by atoms with E-state index in [9.17, 15) is 4.79 Å². The average molecular weight is 597 g/mol. The third kappa shape index (κ3) is 6.11. The maximum Gasteiger partial charge on any atom is 0.163 e. The lowest BCUT2D eigenvalue weighted by atomic mass is 9.90. The fourth-order valence-electron chi connectivity index (χ4n) is 5.21. The van der Waals surface area contributed by atoms with E-state index in [2.05, 4.69) is 29.7 Å². The lowest BCUT2D eigenvalue weighted by molar-refractivity contribution is -0.138. The number of Topliss-reactive ketones (excluding diaryl/α,β-unsaturated/α-hetero) is 1. The first-order valence-corrected chi connectivity index (χ1v) is 15.8. The number of piperazine rings is 1. The second-order valence-corrected chi connectivity index (χ2v) is 14.1. The number of benzene rings is 2. The molecule has 0 amide bonds. The van der Waals surface area contributed by atoms with Crippen LogP contribution in [0.4, 0.5) is 5.00 Å². The molecule has 0 bridgehead atoms. The standard InChI is InChI=1S/C31H37ClN4O2S2/c1-18(2)35-12-14-36(15-13-35)24-17-33-29(39-24)30-34-23-16-19(3)25(27(20(4)37)38-31(5,6)7)26(28(23)40-30)21-8-10-22(32)11-9-21/h8-11,16-18,27H,12-15H2,1-7H3/t27-/m1/s1. The molecular formula is C31H37ClN4O2S2. The van der Waals surface area contributed by atoms with E-state index < -0.39 is 11.7 Å². The summed E-state index contributed by atoms with van der Waals surface area (Å²) in [5.41, 5.74) is 4.21. The van der Waals surface area contributed by atoms with E-state index in [1.807, 2.05) is 58.2 Å². The van der Waals surface area contributed by atoms with E-state index in [4.69, 9.17) is 26.3 Å². The number of aryl methyl sites for hydroxylation is 1. The van der Waals surface area contributed by atoms with Crippen LogP contribution in [0.25, 0.3) is 31.4 Å². The molecule has 0 N–H and O–H groups in total. The molecule has 0 radical (unpaired) electrons. The number of ether oxygens (including phenoxy) is 1. The lowest BCUT2D eigenvalue weighted by Gasteiger charge is -2.37. The molecule has 0 saturated carbocycles. The van der Waals surface area contributed by atoms with Gasteiger partial charge in [0.1, 0.15) is 11.1 Å². The van der Waals surface area contributed by atoms with Crippen LogP contribution < -0.4 is 4.90 Å². The zero-order valence-electron chi connectivity index (χ0n) is 24.2. The van der Waals surface area contributed by atoms with Gasteiger partial charge >= 0.3 is 0 Å². The molecule has 40 heavy (non-hydrogen) atoms. The SMILES string of the molecule is CC(=O)[C@@H](OC(C)(C)C)c1c(C)cc2nc(-c3ncc(N4CCN(C(C)C)CC4)s3)sc2c1-c1ccc(Cl)cc1. The van der Waals surface area contributed by atoms with Crippen molar-refractivity contribution in [3.05, 3.63) is 52.7 Å². The van der Waals surface area contributed by atoms with Crippen molar-refractivity contribution >= 4 is 55.3 Å². The number of halogens is 1. The molecule has 6 nitrogen and oxygen atoms in total. The average Bonchev–Trinajstić information content (AvgIpc) is 3.54. The smallest absolute Gasteiger partial charge is 0.163 e. The first-order valence-electron chi connectivity index (χ1n) is 13.7. The Hall–Kier alpha value is -2.36. The highest BCUT2D eigenvalue weighted by Crippen LogP contribution is 2.45. The Morgan fingerprint density at radius 1 is 1.05 bits per heavy atom. The fraction of sp³-hybridized carbons (Fsp3) is 0.452. The van der Waals surface area contributed by atoms with Gasteiger partial charge in [0.05, 0.1) is 22.0 Å². The number of hydrogen-bond acceptors (Lipinski definition) is 8. The van der Waals surface area contributed by atoms with Crippen LogP contribution >= 0.6 is 34.3 Å². The van der Waals surface area contributed by atoms with Crippen molar-refractivity contribution in [2.45, 2.75) is 66.2 Å². The molecule has 2 aromatic heterocycles. The summed E-state index contributed by atoms with van der Waals surface area (Å²) in [4.78, 5) is 27.8. The number of rotatable bonds is 7. The van der Waals surface area contributed by atoms with E-state index in [1.54, 1.807) is 29.6 Å². The topological polar surface area (TPSA) is 58.6 Å². The van der Waals surface area contributed by atoms with Gasteiger partial charge in [-0.3, -0.25) is 9.69 Å². The minimum Gasteiger partial charge on any atom is -0.360 e. The van der Waals surface area contributed by atoms with Gasteiger partial charge in [0.25, 0.3) is 0 Å². The lowest BCUT2D eigenvalue weighted by Crippen LogP contribution is -2.48. The molecule has 1 atom stereocenters. The van der Waals surface area contributed by atoms with E-state index in [-0.39, 0.29) is 5.78 Å². The van der Waals surface area contributed by atoms with Crippen LogP contribution in [0.1, 0.15) is 58.8 Å². The summed E-state index contributed by atoms with van der Waals surface area (Å²) >= 11 is 9.58. The summed E-state index contributed by atoms with van der Waals surface area (Å²) in [5.74, 6) is -0.0283. The summed E-state index contributed by atoms with van der Waals surface area (Å²) in [6.07, 6.45) is 1.29. The summed E-state index contributed by atoms with van der Waals surface area (Å²) in [5, 5.41) is 3.65. The molecule has 1 saturated heterocycles. The normalized spacial score (nSPS) is 15.8. The third-order valence-corrected chi connectivity index (χ3v) is 9.74. The Balaban J connectivity index is 1.59. The van der Waals surface area contributed by atoms with Gasteiger partial charge in [-0.15, -0.1) is 11.3 Å². The molecule has 0 unspecified atom stereocenters. The van der Waals surface area contributed by atoms with Crippen LogP contribution in [0.5, 0.6) is 0 Å². The number of hydrogen-bond donors (Lipinski definition) is 0. The quantitative estimate of drug-likeness (QED) is 0.215. The van der Waals surface area contributed by atoms with Gasteiger partial charge in [-0.1, -0.05) is 35.1 Å². The molecule has 2 aromatic carbocycles. The largest absolute Gasteiger partial charge is 0.360 e. The van der Waals surface area contributed by atoms with E-state index in [1.165, 1.54) is 5.00 Å². The minimum absolute atomic E-state index is 0.0283. The van der Waals surface area contributed by atoms with Gasteiger partial charge in [0, 0.05) is 48.4 Å². The number of nitrogens with zero attached hydrogens (tertiary/aromatic N) is 4. The van der Waals surface area contributed by atoms with Crippen LogP contribution in [0, 0.1) is 6.92 Å². The zero-order chi connectivity index (χ0) is 28.8. The number of fused-ring (bicyclic) bond motifs is 1. The van der Waals surface area contributed by atoms with Crippen LogP contribution in [0.2, 0.25) is 5.02 Å². The second-order valence-electron chi connectivity index (χ2n) is 11.7. The summed E-state index contributed by atoms with van der Waals surface area (Å²) in [7, 11) is 0. The number of aromatic nitrogens is 2. The predicted molar refractivity (Wildman–Crippen MR) is 169 cm³/mol. The molecule has 9 heteroatoms. The fourth-order valence-corrected chi connectivity index (χ4v) is 7.46. The summed E-state index contributed by atoms with van der Waals surface area (Å²) < 4.78 is 7.39. The molecule has 4 aromatic rings.